The summed E-state index contributed by atoms with van der Waals surface area (Å²) in [6, 6.07) is 6.76. The molecule has 3 aromatic rings. The summed E-state index contributed by atoms with van der Waals surface area (Å²) in [5.41, 5.74) is 0.821. The maximum atomic E-state index is 14.9. The molecule has 2 atom stereocenters. The molecule has 188 valence electrons. The lowest BCUT2D eigenvalue weighted by atomic mass is 9.94. The zero-order chi connectivity index (χ0) is 24.9. The fourth-order valence-electron chi connectivity index (χ4n) is 5.25. The topological polar surface area (TPSA) is 114 Å². The number of aromatic nitrogens is 3. The van der Waals surface area contributed by atoms with E-state index in [1.54, 1.807) is 6.07 Å². The van der Waals surface area contributed by atoms with E-state index in [1.165, 1.54) is 10.6 Å². The van der Waals surface area contributed by atoms with Crippen LogP contribution in [0.1, 0.15) is 11.3 Å². The van der Waals surface area contributed by atoms with E-state index in [2.05, 4.69) is 32.1 Å². The first kappa shape index (κ1) is 23.0. The molecule has 1 fully saturated rings. The van der Waals surface area contributed by atoms with Gasteiger partial charge in [0.05, 0.1) is 47.7 Å². The van der Waals surface area contributed by atoms with Crippen LogP contribution in [0.2, 0.25) is 0 Å². The minimum absolute atomic E-state index is 0.00440. The molecule has 10 nitrogen and oxygen atoms in total. The summed E-state index contributed by atoms with van der Waals surface area (Å²) in [6.07, 6.45) is 0.996. The first-order valence-corrected chi connectivity index (χ1v) is 11.9. The monoisotopic (exact) mass is 494 g/mol. The van der Waals surface area contributed by atoms with Crippen molar-refractivity contribution >= 4 is 16.9 Å². The first-order valence-electron chi connectivity index (χ1n) is 11.9. The smallest absolute Gasteiger partial charge is 0.251 e. The number of fused-ring (bicyclic) bond motifs is 1. The van der Waals surface area contributed by atoms with Crippen molar-refractivity contribution < 1.29 is 19.0 Å². The number of rotatable bonds is 6. The molecule has 0 unspecified atom stereocenters. The van der Waals surface area contributed by atoms with Crippen molar-refractivity contribution in [3.8, 4) is 5.75 Å². The molecule has 36 heavy (non-hydrogen) atoms. The normalized spacial score (nSPS) is 23.4. The number of aliphatic hydroxyl groups is 1. The summed E-state index contributed by atoms with van der Waals surface area (Å²) in [7, 11) is 0. The van der Waals surface area contributed by atoms with Crippen LogP contribution in [0.15, 0.2) is 47.5 Å². The molecule has 6 heterocycles. The Hall–Kier alpha value is -3.38. The Kier molecular flexibility index (Phi) is 5.72. The van der Waals surface area contributed by atoms with Gasteiger partial charge in [0.15, 0.2) is 11.6 Å². The molecular formula is C25H27FN6O4. The number of nitrogens with one attached hydrogen (secondary N) is 2. The average Bonchev–Trinajstić information content (AvgIpc) is 3.17. The third-order valence-electron chi connectivity index (χ3n) is 6.84. The Morgan fingerprint density at radius 1 is 1.33 bits per heavy atom. The number of β-amino-alcohol motifs (C(OH)–C–C–N with tert-alkyl or cyclic N) is 1. The van der Waals surface area contributed by atoms with E-state index >= 15 is 0 Å². The number of nitrogens with zero attached hydrogens (tertiary/aromatic N) is 4. The van der Waals surface area contributed by atoms with E-state index in [-0.39, 0.29) is 30.3 Å². The summed E-state index contributed by atoms with van der Waals surface area (Å²) in [6.45, 7) is 7.26. The van der Waals surface area contributed by atoms with Gasteiger partial charge in [-0.2, -0.15) is 0 Å². The third kappa shape index (κ3) is 4.13. The second-order valence-electron chi connectivity index (χ2n) is 9.53. The maximum Gasteiger partial charge on any atom is 0.251 e. The van der Waals surface area contributed by atoms with Crippen LogP contribution >= 0.6 is 0 Å². The van der Waals surface area contributed by atoms with Gasteiger partial charge in [0.25, 0.3) is 5.56 Å². The highest BCUT2D eigenvalue weighted by Gasteiger charge is 2.43. The molecule has 1 saturated heterocycles. The summed E-state index contributed by atoms with van der Waals surface area (Å²) in [4.78, 5) is 23.1. The van der Waals surface area contributed by atoms with Gasteiger partial charge in [0, 0.05) is 44.5 Å². The van der Waals surface area contributed by atoms with Crippen molar-refractivity contribution in [2.75, 3.05) is 44.7 Å². The van der Waals surface area contributed by atoms with Gasteiger partial charge in [-0.3, -0.25) is 14.7 Å². The minimum Gasteiger partial charge on any atom is -0.484 e. The lowest BCUT2D eigenvalue weighted by Gasteiger charge is -2.37. The van der Waals surface area contributed by atoms with Gasteiger partial charge in [-0.25, -0.2) is 9.37 Å². The summed E-state index contributed by atoms with van der Waals surface area (Å²) in [5, 5.41) is 18.1. The third-order valence-corrected chi connectivity index (χ3v) is 6.84. The van der Waals surface area contributed by atoms with E-state index in [0.717, 1.165) is 17.6 Å². The van der Waals surface area contributed by atoms with E-state index < -0.39 is 11.4 Å². The second kappa shape index (κ2) is 8.93. The van der Waals surface area contributed by atoms with Gasteiger partial charge in [0.1, 0.15) is 18.0 Å². The van der Waals surface area contributed by atoms with Crippen LogP contribution in [0, 0.1) is 5.82 Å². The minimum atomic E-state index is -1.53. The number of pyridine rings is 3. The lowest BCUT2D eigenvalue weighted by molar-refractivity contribution is -0.0689. The molecule has 3 aliphatic rings. The van der Waals surface area contributed by atoms with Gasteiger partial charge in [-0.1, -0.05) is 6.58 Å². The maximum absolute atomic E-state index is 14.9. The molecule has 0 saturated carbocycles. The number of hydrogen-bond donors (Lipinski definition) is 3. The average molecular weight is 495 g/mol. The molecule has 0 radical (unpaired) electrons. The zero-order valence-corrected chi connectivity index (χ0v) is 19.7. The summed E-state index contributed by atoms with van der Waals surface area (Å²) < 4.78 is 27.8. The largest absolute Gasteiger partial charge is 0.484 e. The van der Waals surface area contributed by atoms with Crippen molar-refractivity contribution in [2.45, 2.75) is 24.8 Å². The number of halogens is 1. The van der Waals surface area contributed by atoms with Crippen molar-refractivity contribution in [1.82, 2.24) is 24.8 Å². The quantitative estimate of drug-likeness (QED) is 0.461. The standard InChI is InChI=1S/C25H27FN6O4/c1-15-12-36-20-4-2-16(30-24(20)29-15)8-27-9-17-11-31(6-7-35-17)13-25(34)14-32-21(33)5-3-19-23(32)22(25)18(26)10-28-19/h2-5,10,17,27,34H,1,6-9,11-14H2,(H,29,30)/t17-,25-/m0/s1. The summed E-state index contributed by atoms with van der Waals surface area (Å²) >= 11 is 0. The Labute approximate surface area is 206 Å². The van der Waals surface area contributed by atoms with Crippen molar-refractivity contribution in [3.63, 3.8) is 0 Å². The molecule has 6 rings (SSSR count). The highest BCUT2D eigenvalue weighted by Crippen LogP contribution is 2.37. The molecule has 0 spiro atoms. The van der Waals surface area contributed by atoms with Crippen LogP contribution in [-0.4, -0.2) is 70.0 Å². The highest BCUT2D eigenvalue weighted by atomic mass is 19.1. The van der Waals surface area contributed by atoms with Gasteiger partial charge >= 0.3 is 0 Å². The van der Waals surface area contributed by atoms with Gasteiger partial charge in [0.2, 0.25) is 0 Å². The zero-order valence-electron chi connectivity index (χ0n) is 19.7. The molecule has 3 aliphatic heterocycles. The van der Waals surface area contributed by atoms with E-state index in [4.69, 9.17) is 9.47 Å². The summed E-state index contributed by atoms with van der Waals surface area (Å²) in [5.74, 6) is 0.761. The van der Waals surface area contributed by atoms with E-state index in [9.17, 15) is 14.3 Å². The number of anilines is 1. The van der Waals surface area contributed by atoms with E-state index in [1.807, 2.05) is 12.1 Å². The molecule has 0 aromatic carbocycles. The molecule has 0 bridgehead atoms. The second-order valence-corrected chi connectivity index (χ2v) is 9.53. The molecule has 3 aromatic heterocycles. The van der Waals surface area contributed by atoms with Crippen LogP contribution in [0.25, 0.3) is 11.0 Å². The SMILES string of the molecule is C=C1COc2ccc(CNC[C@H]3CN(C[C@]4(O)Cn5c(=O)ccc6ncc(F)c4c65)CCO3)nc2N1. The Morgan fingerprint density at radius 3 is 3.11 bits per heavy atom. The van der Waals surface area contributed by atoms with Crippen LogP contribution in [-0.2, 0) is 23.4 Å². The highest BCUT2D eigenvalue weighted by molar-refractivity contribution is 5.81. The van der Waals surface area contributed by atoms with Crippen molar-refractivity contribution in [1.29, 1.82) is 0 Å². The van der Waals surface area contributed by atoms with Crippen LogP contribution in [0.4, 0.5) is 10.2 Å². The predicted molar refractivity (Wildman–Crippen MR) is 130 cm³/mol. The van der Waals surface area contributed by atoms with Crippen LogP contribution < -0.4 is 20.9 Å². The van der Waals surface area contributed by atoms with Crippen LogP contribution in [0.3, 0.4) is 0 Å². The number of morpholine rings is 1. The van der Waals surface area contributed by atoms with Gasteiger partial charge in [-0.05, 0) is 18.2 Å². The van der Waals surface area contributed by atoms with Gasteiger partial charge < -0.3 is 29.8 Å². The first-order chi connectivity index (χ1) is 17.4. The van der Waals surface area contributed by atoms with E-state index in [0.29, 0.717) is 62.0 Å². The lowest BCUT2D eigenvalue weighted by Crippen LogP contribution is -2.51. The molecule has 3 N–H and O–H groups in total. The van der Waals surface area contributed by atoms with Crippen molar-refractivity contribution in [3.05, 3.63) is 70.2 Å². The number of ether oxygens (including phenoxy) is 2. The predicted octanol–water partition coefficient (Wildman–Crippen LogP) is 0.940. The Morgan fingerprint density at radius 2 is 2.22 bits per heavy atom. The Bertz CT molecular complexity index is 1410. The fraction of sp³-hybridized carbons (Fsp3) is 0.400. The Balaban J connectivity index is 1.10. The molecule has 0 aliphatic carbocycles. The number of hydrogen-bond acceptors (Lipinski definition) is 9. The fourth-order valence-corrected chi connectivity index (χ4v) is 5.25. The molecule has 11 heteroatoms. The van der Waals surface area contributed by atoms with Crippen molar-refractivity contribution in [2.24, 2.45) is 0 Å². The molecule has 0 amide bonds. The molecular weight excluding hydrogens is 467 g/mol. The van der Waals surface area contributed by atoms with Gasteiger partial charge in [-0.15, -0.1) is 0 Å². The van der Waals surface area contributed by atoms with Crippen LogP contribution in [0.5, 0.6) is 5.75 Å².